The molecule has 1 heterocycles. The van der Waals surface area contributed by atoms with Crippen molar-refractivity contribution in [1.29, 1.82) is 0 Å². The highest BCUT2D eigenvalue weighted by molar-refractivity contribution is 8.01. The number of hydrogen-bond donors (Lipinski definition) is 1. The van der Waals surface area contributed by atoms with Crippen LogP contribution in [0.25, 0.3) is 0 Å². The lowest BCUT2D eigenvalue weighted by molar-refractivity contribution is 0.102. The first-order valence-corrected chi connectivity index (χ1v) is 8.41. The molecule has 0 fully saturated rings. The van der Waals surface area contributed by atoms with Crippen LogP contribution in [0.1, 0.15) is 17.3 Å². The zero-order valence-electron chi connectivity index (χ0n) is 11.1. The molecular formula is C12H11Cl2N3O2S2. The molecule has 5 nitrogen and oxygen atoms in total. The number of ether oxygens (including phenoxy) is 1. The van der Waals surface area contributed by atoms with Gasteiger partial charge in [-0.3, -0.25) is 10.1 Å². The molecule has 0 aliphatic heterocycles. The van der Waals surface area contributed by atoms with Crippen LogP contribution >= 0.6 is 46.3 Å². The monoisotopic (exact) mass is 363 g/mol. The first-order chi connectivity index (χ1) is 10.0. The van der Waals surface area contributed by atoms with Crippen molar-refractivity contribution >= 4 is 57.3 Å². The van der Waals surface area contributed by atoms with E-state index in [-0.39, 0.29) is 16.0 Å². The molecule has 0 saturated carbocycles. The van der Waals surface area contributed by atoms with Gasteiger partial charge in [-0.2, -0.15) is 0 Å². The van der Waals surface area contributed by atoms with Crippen LogP contribution < -0.4 is 10.1 Å². The largest absolute Gasteiger partial charge is 0.494 e. The highest BCUT2D eigenvalue weighted by Gasteiger charge is 2.15. The van der Waals surface area contributed by atoms with E-state index < -0.39 is 0 Å². The third-order valence-electron chi connectivity index (χ3n) is 2.36. The van der Waals surface area contributed by atoms with E-state index in [1.54, 1.807) is 11.8 Å². The molecule has 0 radical (unpaired) electrons. The number of carbonyl (C=O) groups is 1. The van der Waals surface area contributed by atoms with Crippen LogP contribution in [0.15, 0.2) is 16.5 Å². The van der Waals surface area contributed by atoms with Crippen molar-refractivity contribution < 1.29 is 9.53 Å². The van der Waals surface area contributed by atoms with E-state index in [9.17, 15) is 4.79 Å². The van der Waals surface area contributed by atoms with Crippen molar-refractivity contribution in [3.05, 3.63) is 27.7 Å². The molecule has 1 aromatic carbocycles. The zero-order chi connectivity index (χ0) is 15.4. The van der Waals surface area contributed by atoms with Gasteiger partial charge in [-0.05, 0) is 17.9 Å². The lowest BCUT2D eigenvalue weighted by atomic mass is 10.2. The Balaban J connectivity index is 2.16. The quantitative estimate of drug-likeness (QED) is 0.636. The summed E-state index contributed by atoms with van der Waals surface area (Å²) in [4.78, 5) is 12.1. The molecule has 0 atom stereocenters. The standard InChI is InChI=1S/C12H11Cl2N3O2S2/c1-3-20-12-17-16-11(21-12)15-10(18)6-4-7(13)9(19-2)8(14)5-6/h4-5H,3H2,1-2H3,(H,15,16,18). The molecular weight excluding hydrogens is 353 g/mol. The Bertz CT molecular complexity index is 641. The average molecular weight is 364 g/mol. The van der Waals surface area contributed by atoms with Gasteiger partial charge < -0.3 is 4.74 Å². The normalized spacial score (nSPS) is 10.5. The van der Waals surface area contributed by atoms with Crippen LogP contribution in [0, 0.1) is 0 Å². The van der Waals surface area contributed by atoms with E-state index in [1.807, 2.05) is 6.92 Å². The van der Waals surface area contributed by atoms with Gasteiger partial charge >= 0.3 is 0 Å². The molecule has 112 valence electrons. The molecule has 0 aliphatic rings. The van der Waals surface area contributed by atoms with Crippen molar-refractivity contribution in [3.8, 4) is 5.75 Å². The summed E-state index contributed by atoms with van der Waals surface area (Å²) in [6, 6.07) is 2.98. The van der Waals surface area contributed by atoms with Gasteiger partial charge in [0.05, 0.1) is 17.2 Å². The fourth-order valence-electron chi connectivity index (χ4n) is 1.50. The third kappa shape index (κ3) is 4.00. The van der Waals surface area contributed by atoms with Crippen molar-refractivity contribution in [3.63, 3.8) is 0 Å². The predicted octanol–water partition coefficient (Wildman–Crippen LogP) is 4.22. The van der Waals surface area contributed by atoms with Crippen LogP contribution in [-0.4, -0.2) is 29.0 Å². The molecule has 0 aliphatic carbocycles. The Labute approximate surface area is 140 Å². The number of methoxy groups -OCH3 is 1. The Morgan fingerprint density at radius 2 is 2.05 bits per heavy atom. The summed E-state index contributed by atoms with van der Waals surface area (Å²) in [5, 5.41) is 11.5. The third-order valence-corrected chi connectivity index (χ3v) is 4.77. The molecule has 21 heavy (non-hydrogen) atoms. The van der Waals surface area contributed by atoms with E-state index in [0.717, 1.165) is 10.1 Å². The van der Waals surface area contributed by atoms with Crippen LogP contribution in [0.5, 0.6) is 5.75 Å². The minimum Gasteiger partial charge on any atom is -0.494 e. The van der Waals surface area contributed by atoms with Gasteiger partial charge in [0.1, 0.15) is 0 Å². The highest BCUT2D eigenvalue weighted by atomic mass is 35.5. The van der Waals surface area contributed by atoms with Gasteiger partial charge in [0, 0.05) is 5.56 Å². The fourth-order valence-corrected chi connectivity index (χ4v) is 3.78. The topological polar surface area (TPSA) is 64.1 Å². The number of carbonyl (C=O) groups excluding carboxylic acids is 1. The smallest absolute Gasteiger partial charge is 0.257 e. The number of amides is 1. The fraction of sp³-hybridized carbons (Fsp3) is 0.250. The summed E-state index contributed by atoms with van der Waals surface area (Å²) in [7, 11) is 1.46. The number of nitrogens with zero attached hydrogens (tertiary/aromatic N) is 2. The molecule has 1 aromatic heterocycles. The van der Waals surface area contributed by atoms with Crippen LogP contribution in [-0.2, 0) is 0 Å². The lowest BCUT2D eigenvalue weighted by Gasteiger charge is -2.08. The second-order valence-electron chi connectivity index (χ2n) is 3.73. The SMILES string of the molecule is CCSc1nnc(NC(=O)c2cc(Cl)c(OC)c(Cl)c2)s1. The van der Waals surface area contributed by atoms with Gasteiger partial charge in [0.2, 0.25) is 5.13 Å². The van der Waals surface area contributed by atoms with Crippen LogP contribution in [0.4, 0.5) is 5.13 Å². The molecule has 0 spiro atoms. The number of nitrogens with one attached hydrogen (secondary N) is 1. The summed E-state index contributed by atoms with van der Waals surface area (Å²) in [6.45, 7) is 2.02. The van der Waals surface area contributed by atoms with E-state index in [4.69, 9.17) is 27.9 Å². The van der Waals surface area contributed by atoms with E-state index >= 15 is 0 Å². The Hall–Kier alpha value is -1.02. The van der Waals surface area contributed by atoms with Crippen LogP contribution in [0.2, 0.25) is 10.0 Å². The number of aromatic nitrogens is 2. The Kier molecular flexibility index (Phi) is 5.69. The summed E-state index contributed by atoms with van der Waals surface area (Å²) in [6.07, 6.45) is 0. The van der Waals surface area contributed by atoms with Crippen molar-refractivity contribution in [2.45, 2.75) is 11.3 Å². The first-order valence-electron chi connectivity index (χ1n) is 5.85. The van der Waals surface area contributed by atoms with E-state index in [2.05, 4.69) is 15.5 Å². The van der Waals surface area contributed by atoms with Crippen molar-refractivity contribution in [2.24, 2.45) is 0 Å². The molecule has 2 rings (SSSR count). The maximum Gasteiger partial charge on any atom is 0.257 e. The second-order valence-corrected chi connectivity index (χ2v) is 7.04. The minimum absolute atomic E-state index is 0.273. The molecule has 1 N–H and O–H groups in total. The summed E-state index contributed by atoms with van der Waals surface area (Å²) in [5.74, 6) is 0.879. The maximum absolute atomic E-state index is 12.1. The van der Waals surface area contributed by atoms with Crippen molar-refractivity contribution in [1.82, 2.24) is 10.2 Å². The first kappa shape index (κ1) is 16.4. The maximum atomic E-state index is 12.1. The number of benzene rings is 1. The summed E-state index contributed by atoms with van der Waals surface area (Å²) < 4.78 is 5.84. The van der Waals surface area contributed by atoms with Gasteiger partial charge in [-0.1, -0.05) is 53.2 Å². The van der Waals surface area contributed by atoms with E-state index in [1.165, 1.54) is 30.6 Å². The molecule has 9 heteroatoms. The number of rotatable bonds is 5. The van der Waals surface area contributed by atoms with Crippen LogP contribution in [0.3, 0.4) is 0 Å². The summed E-state index contributed by atoms with van der Waals surface area (Å²) >= 11 is 14.9. The molecule has 0 bridgehead atoms. The highest BCUT2D eigenvalue weighted by Crippen LogP contribution is 2.34. The number of anilines is 1. The van der Waals surface area contributed by atoms with Gasteiger partial charge in [0.25, 0.3) is 5.91 Å². The molecule has 0 unspecified atom stereocenters. The van der Waals surface area contributed by atoms with Gasteiger partial charge in [-0.15, -0.1) is 10.2 Å². The lowest BCUT2D eigenvalue weighted by Crippen LogP contribution is -2.12. The number of thioether (sulfide) groups is 1. The zero-order valence-corrected chi connectivity index (χ0v) is 14.3. The predicted molar refractivity (Wildman–Crippen MR) is 87.3 cm³/mol. The van der Waals surface area contributed by atoms with Gasteiger partial charge in [0.15, 0.2) is 10.1 Å². The molecule has 0 saturated heterocycles. The van der Waals surface area contributed by atoms with Crippen molar-refractivity contribution in [2.75, 3.05) is 18.2 Å². The summed E-state index contributed by atoms with van der Waals surface area (Å²) in [5.41, 5.74) is 0.325. The number of hydrogen-bond acceptors (Lipinski definition) is 6. The minimum atomic E-state index is -0.356. The Morgan fingerprint density at radius 1 is 1.38 bits per heavy atom. The van der Waals surface area contributed by atoms with Gasteiger partial charge in [-0.25, -0.2) is 0 Å². The number of halogens is 2. The molecule has 2 aromatic rings. The van der Waals surface area contributed by atoms with E-state index in [0.29, 0.717) is 16.4 Å². The second kappa shape index (κ2) is 7.31. The molecule has 1 amide bonds. The average Bonchev–Trinajstić information content (AvgIpc) is 2.86. The Morgan fingerprint density at radius 3 is 2.62 bits per heavy atom.